The molecular weight excluding hydrogens is 260 g/mol. The van der Waals surface area contributed by atoms with Gasteiger partial charge in [-0.1, -0.05) is 64.3 Å². The second-order valence-electron chi connectivity index (χ2n) is 6.38. The fourth-order valence-electron chi connectivity index (χ4n) is 2.28. The van der Waals surface area contributed by atoms with E-state index in [0.29, 0.717) is 0 Å². The third kappa shape index (κ3) is 5.72. The fourth-order valence-corrected chi connectivity index (χ4v) is 2.28. The Morgan fingerprint density at radius 1 is 1.10 bits per heavy atom. The molecular formula is C18H28N2O. The first-order valence-corrected chi connectivity index (χ1v) is 7.51. The summed E-state index contributed by atoms with van der Waals surface area (Å²) in [5.41, 5.74) is 0.896. The van der Waals surface area contributed by atoms with Gasteiger partial charge in [-0.2, -0.15) is 0 Å². The van der Waals surface area contributed by atoms with Gasteiger partial charge in [-0.3, -0.25) is 9.69 Å². The number of hydrogen-bond donors (Lipinski definition) is 0. The van der Waals surface area contributed by atoms with Crippen LogP contribution < -0.4 is 0 Å². The van der Waals surface area contributed by atoms with Crippen LogP contribution in [0.25, 0.3) is 0 Å². The minimum Gasteiger partial charge on any atom is -0.340 e. The molecule has 0 saturated carbocycles. The highest BCUT2D eigenvalue weighted by Gasteiger charge is 2.29. The van der Waals surface area contributed by atoms with Crippen molar-refractivity contribution in [2.75, 3.05) is 32.7 Å². The molecule has 1 aliphatic heterocycles. The van der Waals surface area contributed by atoms with Gasteiger partial charge in [0.25, 0.3) is 0 Å². The molecule has 0 spiro atoms. The molecule has 0 aliphatic carbocycles. The van der Waals surface area contributed by atoms with Crippen LogP contribution in [0.1, 0.15) is 20.8 Å². The van der Waals surface area contributed by atoms with E-state index in [2.05, 4.69) is 24.1 Å². The molecule has 1 aliphatic rings. The van der Waals surface area contributed by atoms with E-state index in [4.69, 9.17) is 0 Å². The van der Waals surface area contributed by atoms with Gasteiger partial charge >= 0.3 is 0 Å². The van der Waals surface area contributed by atoms with E-state index < -0.39 is 0 Å². The summed E-state index contributed by atoms with van der Waals surface area (Å²) >= 11 is 0. The lowest BCUT2D eigenvalue weighted by molar-refractivity contribution is -0.141. The van der Waals surface area contributed by atoms with E-state index in [1.807, 2.05) is 43.9 Å². The summed E-state index contributed by atoms with van der Waals surface area (Å²) in [5.74, 6) is 0.246. The predicted octanol–water partition coefficient (Wildman–Crippen LogP) is 3.03. The highest BCUT2D eigenvalue weighted by Crippen LogP contribution is 2.18. The molecule has 3 nitrogen and oxygen atoms in total. The molecule has 1 saturated heterocycles. The summed E-state index contributed by atoms with van der Waals surface area (Å²) in [7, 11) is 0. The van der Waals surface area contributed by atoms with Gasteiger partial charge in [-0.05, 0) is 5.57 Å². The van der Waals surface area contributed by atoms with Crippen LogP contribution in [-0.4, -0.2) is 48.4 Å². The van der Waals surface area contributed by atoms with Crippen molar-refractivity contribution in [1.29, 1.82) is 0 Å². The monoisotopic (exact) mass is 288 g/mol. The van der Waals surface area contributed by atoms with Crippen LogP contribution in [0.2, 0.25) is 0 Å². The van der Waals surface area contributed by atoms with Crippen molar-refractivity contribution in [3.8, 4) is 0 Å². The van der Waals surface area contributed by atoms with Crippen LogP contribution in [0.3, 0.4) is 0 Å². The van der Waals surface area contributed by atoms with E-state index in [0.717, 1.165) is 32.7 Å². The largest absolute Gasteiger partial charge is 0.340 e. The quantitative estimate of drug-likeness (QED) is 0.726. The second kappa shape index (κ2) is 7.99. The zero-order valence-corrected chi connectivity index (χ0v) is 13.6. The van der Waals surface area contributed by atoms with E-state index in [-0.39, 0.29) is 11.3 Å². The van der Waals surface area contributed by atoms with Gasteiger partial charge in [0.1, 0.15) is 0 Å². The summed E-state index contributed by atoms with van der Waals surface area (Å²) in [6.07, 6.45) is 9.59. The summed E-state index contributed by atoms with van der Waals surface area (Å²) in [6, 6.07) is 0. The Balaban J connectivity index is 2.51. The molecule has 0 aromatic rings. The number of amides is 1. The lowest BCUT2D eigenvalue weighted by Crippen LogP contribution is -2.51. The molecule has 0 atom stereocenters. The molecule has 1 rings (SSSR count). The lowest BCUT2D eigenvalue weighted by atomic mass is 9.94. The van der Waals surface area contributed by atoms with Crippen LogP contribution in [0.4, 0.5) is 0 Å². The van der Waals surface area contributed by atoms with Crippen molar-refractivity contribution in [3.63, 3.8) is 0 Å². The molecule has 0 bridgehead atoms. The van der Waals surface area contributed by atoms with E-state index >= 15 is 0 Å². The van der Waals surface area contributed by atoms with Crippen molar-refractivity contribution in [1.82, 2.24) is 9.80 Å². The first-order valence-electron chi connectivity index (χ1n) is 7.51. The fraction of sp³-hybridized carbons (Fsp3) is 0.500. The number of nitrogens with zero attached hydrogens (tertiary/aromatic N) is 2. The van der Waals surface area contributed by atoms with E-state index in [1.165, 1.54) is 5.57 Å². The van der Waals surface area contributed by atoms with Gasteiger partial charge in [0.15, 0.2) is 0 Å². The Labute approximate surface area is 129 Å². The van der Waals surface area contributed by atoms with E-state index in [1.54, 1.807) is 6.08 Å². The second-order valence-corrected chi connectivity index (χ2v) is 6.38. The van der Waals surface area contributed by atoms with Gasteiger partial charge in [0, 0.05) is 38.1 Å². The van der Waals surface area contributed by atoms with Gasteiger partial charge in [-0.25, -0.2) is 0 Å². The SMILES string of the molecule is C=C/C=C\C=C(/C=C)CN1CCN(C(=O)C(C)(C)C)CC1. The van der Waals surface area contributed by atoms with Crippen molar-refractivity contribution in [2.24, 2.45) is 5.41 Å². The summed E-state index contributed by atoms with van der Waals surface area (Å²) in [6.45, 7) is 17.8. The highest BCUT2D eigenvalue weighted by molar-refractivity contribution is 5.81. The van der Waals surface area contributed by atoms with Crippen molar-refractivity contribution >= 4 is 5.91 Å². The maximum absolute atomic E-state index is 12.2. The molecule has 0 aromatic heterocycles. The predicted molar refractivity (Wildman–Crippen MR) is 90.1 cm³/mol. The summed E-state index contributed by atoms with van der Waals surface area (Å²) < 4.78 is 0. The number of piperazine rings is 1. The molecule has 0 radical (unpaired) electrons. The normalized spacial score (nSPS) is 18.0. The summed E-state index contributed by atoms with van der Waals surface area (Å²) in [5, 5.41) is 0. The average molecular weight is 288 g/mol. The Hall–Kier alpha value is -1.61. The zero-order valence-electron chi connectivity index (χ0n) is 13.6. The molecule has 3 heteroatoms. The Morgan fingerprint density at radius 2 is 1.71 bits per heavy atom. The Morgan fingerprint density at radius 3 is 2.19 bits per heavy atom. The smallest absolute Gasteiger partial charge is 0.228 e. The van der Waals surface area contributed by atoms with Crippen molar-refractivity contribution < 1.29 is 4.79 Å². The standard InChI is InChI=1S/C18H28N2O/c1-6-8-9-10-16(7-2)15-19-11-13-20(14-12-19)17(21)18(3,4)5/h6-10H,1-2,11-15H2,3-5H3/b9-8-,16-10+. The van der Waals surface area contributed by atoms with Crippen LogP contribution in [0, 0.1) is 5.41 Å². The van der Waals surface area contributed by atoms with Gasteiger partial charge in [0.2, 0.25) is 5.91 Å². The van der Waals surface area contributed by atoms with Crippen molar-refractivity contribution in [3.05, 3.63) is 49.1 Å². The molecule has 1 amide bonds. The lowest BCUT2D eigenvalue weighted by Gasteiger charge is -2.37. The number of carbonyl (C=O) groups excluding carboxylic acids is 1. The molecule has 1 fully saturated rings. The Bertz CT molecular complexity index is 433. The molecule has 116 valence electrons. The number of carbonyl (C=O) groups is 1. The molecule has 1 heterocycles. The van der Waals surface area contributed by atoms with Gasteiger partial charge in [0.05, 0.1) is 0 Å². The number of hydrogen-bond acceptors (Lipinski definition) is 2. The van der Waals surface area contributed by atoms with Gasteiger partial charge < -0.3 is 4.90 Å². The maximum atomic E-state index is 12.2. The van der Waals surface area contributed by atoms with Crippen LogP contribution >= 0.6 is 0 Å². The molecule has 0 aromatic carbocycles. The topological polar surface area (TPSA) is 23.6 Å². The molecule has 0 N–H and O–H groups in total. The first-order chi connectivity index (χ1) is 9.88. The third-order valence-electron chi connectivity index (χ3n) is 3.53. The minimum atomic E-state index is -0.288. The molecule has 21 heavy (non-hydrogen) atoms. The minimum absolute atomic E-state index is 0.246. The summed E-state index contributed by atoms with van der Waals surface area (Å²) in [4.78, 5) is 16.6. The molecule has 0 unspecified atom stereocenters. The maximum Gasteiger partial charge on any atom is 0.228 e. The first kappa shape index (κ1) is 17.4. The number of allylic oxidation sites excluding steroid dienone is 4. The van der Waals surface area contributed by atoms with Crippen LogP contribution in [0.15, 0.2) is 49.1 Å². The third-order valence-corrected chi connectivity index (χ3v) is 3.53. The Kier molecular flexibility index (Phi) is 6.63. The van der Waals surface area contributed by atoms with Crippen LogP contribution in [0.5, 0.6) is 0 Å². The number of rotatable bonds is 5. The average Bonchev–Trinajstić information content (AvgIpc) is 2.45. The van der Waals surface area contributed by atoms with Crippen LogP contribution in [-0.2, 0) is 4.79 Å². The van der Waals surface area contributed by atoms with Gasteiger partial charge in [-0.15, -0.1) is 0 Å². The van der Waals surface area contributed by atoms with E-state index in [9.17, 15) is 4.79 Å². The van der Waals surface area contributed by atoms with Crippen molar-refractivity contribution in [2.45, 2.75) is 20.8 Å². The zero-order chi connectivity index (χ0) is 15.9. The highest BCUT2D eigenvalue weighted by atomic mass is 16.2.